The third-order valence-corrected chi connectivity index (χ3v) is 8.02. The Kier molecular flexibility index (Phi) is 8.81. The van der Waals surface area contributed by atoms with Gasteiger partial charge in [0.05, 0.1) is 30.8 Å². The second kappa shape index (κ2) is 13.3. The number of nitrogens with zero attached hydrogens (tertiary/aromatic N) is 6. The number of carbonyl (C=O) groups is 1. The van der Waals surface area contributed by atoms with Gasteiger partial charge in [-0.3, -0.25) is 14.3 Å². The van der Waals surface area contributed by atoms with Crippen LogP contribution in [0.1, 0.15) is 6.42 Å². The van der Waals surface area contributed by atoms with Gasteiger partial charge in [-0.25, -0.2) is 19.3 Å². The molecule has 0 unspecified atom stereocenters. The van der Waals surface area contributed by atoms with E-state index >= 15 is 0 Å². The van der Waals surface area contributed by atoms with Crippen LogP contribution in [0.4, 0.5) is 11.5 Å². The lowest BCUT2D eigenvalue weighted by Gasteiger charge is -2.21. The summed E-state index contributed by atoms with van der Waals surface area (Å²) in [6.07, 6.45) is 5.66. The number of hydrogen-bond donors (Lipinski definition) is 1. The van der Waals surface area contributed by atoms with Gasteiger partial charge in [-0.15, -0.1) is 0 Å². The third-order valence-electron chi connectivity index (χ3n) is 8.02. The quantitative estimate of drug-likeness (QED) is 0.228. The Bertz CT molecular complexity index is 1930. The van der Waals surface area contributed by atoms with Crippen LogP contribution in [0.3, 0.4) is 0 Å². The first kappa shape index (κ1) is 30.6. The van der Waals surface area contributed by atoms with E-state index in [-0.39, 0.29) is 11.7 Å². The number of anilines is 2. The summed E-state index contributed by atoms with van der Waals surface area (Å²) in [5.74, 6) is 1.67. The molecule has 3 aromatic carbocycles. The Balaban J connectivity index is 1.33. The maximum Gasteiger partial charge on any atom is 0.339 e. The van der Waals surface area contributed by atoms with Gasteiger partial charge in [0.2, 0.25) is 0 Å². The molecular formula is C34H35N7O5. The number of rotatable bonds is 10. The first-order valence-electron chi connectivity index (χ1n) is 14.8. The molecule has 0 bridgehead atoms. The predicted octanol–water partition coefficient (Wildman–Crippen LogP) is 4.19. The zero-order valence-electron chi connectivity index (χ0n) is 25.9. The van der Waals surface area contributed by atoms with Gasteiger partial charge in [0.1, 0.15) is 29.1 Å². The van der Waals surface area contributed by atoms with Crippen molar-refractivity contribution < 1.29 is 19.0 Å². The monoisotopic (exact) mass is 621 g/mol. The van der Waals surface area contributed by atoms with Crippen LogP contribution in [0.15, 0.2) is 96.1 Å². The van der Waals surface area contributed by atoms with Crippen molar-refractivity contribution in [3.8, 4) is 28.6 Å². The molecule has 12 heteroatoms. The smallest absolute Gasteiger partial charge is 0.339 e. The Labute approximate surface area is 265 Å². The van der Waals surface area contributed by atoms with Crippen molar-refractivity contribution in [3.63, 3.8) is 0 Å². The first-order valence-corrected chi connectivity index (χ1v) is 14.8. The molecule has 5 aromatic rings. The minimum Gasteiger partial charge on any atom is -0.495 e. The highest BCUT2D eigenvalue weighted by atomic mass is 16.5. The van der Waals surface area contributed by atoms with Crippen LogP contribution >= 0.6 is 0 Å². The van der Waals surface area contributed by atoms with Crippen LogP contribution in [0, 0.1) is 0 Å². The summed E-state index contributed by atoms with van der Waals surface area (Å²) in [5.41, 5.74) is 8.06. The normalized spacial score (nSPS) is 14.7. The molecule has 6 rings (SSSR count). The number of nitrogens with two attached hydrogens (primary N) is 1. The summed E-state index contributed by atoms with van der Waals surface area (Å²) in [7, 11) is 5.21. The standard InChI is InChI=1S/C34H35N7O5/c1-38(25-17-19-45-21-25)18-7-10-30(42)39(2)28-20-24(13-16-29(28)44-3)41-33-31(32(35)36-22-37-33)40(34(41)43)23-11-14-27(15-12-23)46-26-8-5-4-6-9-26/h4-16,20,22,25H,17-19,21H2,1-3H3,(H2,35,36,37)/t25-/m0/s1. The van der Waals surface area contributed by atoms with E-state index in [1.54, 1.807) is 49.5 Å². The number of benzene rings is 3. The van der Waals surface area contributed by atoms with Gasteiger partial charge in [-0.05, 0) is 68.1 Å². The number of imidazole rings is 1. The molecule has 0 saturated carbocycles. The van der Waals surface area contributed by atoms with Crippen LogP contribution in [0.5, 0.6) is 17.2 Å². The van der Waals surface area contributed by atoms with E-state index in [9.17, 15) is 9.59 Å². The van der Waals surface area contributed by atoms with E-state index in [1.165, 1.54) is 33.5 Å². The van der Waals surface area contributed by atoms with Crippen molar-refractivity contribution >= 4 is 28.6 Å². The highest BCUT2D eigenvalue weighted by Gasteiger charge is 2.23. The molecule has 3 heterocycles. The molecule has 1 saturated heterocycles. The second-order valence-corrected chi connectivity index (χ2v) is 10.9. The number of hydrogen-bond acceptors (Lipinski definition) is 9. The summed E-state index contributed by atoms with van der Waals surface area (Å²) in [4.78, 5) is 39.6. The topological polar surface area (TPSA) is 130 Å². The highest BCUT2D eigenvalue weighted by molar-refractivity contribution is 6.02. The van der Waals surface area contributed by atoms with Gasteiger partial charge in [0.25, 0.3) is 5.91 Å². The van der Waals surface area contributed by atoms with Crippen molar-refractivity contribution in [3.05, 3.63) is 102 Å². The van der Waals surface area contributed by atoms with Gasteiger partial charge in [-0.2, -0.15) is 0 Å². The van der Waals surface area contributed by atoms with E-state index in [1.807, 2.05) is 43.5 Å². The summed E-state index contributed by atoms with van der Waals surface area (Å²) in [6, 6.07) is 22.0. The molecule has 2 N–H and O–H groups in total. The Morgan fingerprint density at radius 3 is 2.48 bits per heavy atom. The molecule has 1 amide bonds. The fourth-order valence-corrected chi connectivity index (χ4v) is 5.46. The van der Waals surface area contributed by atoms with Crippen molar-refractivity contribution in [1.82, 2.24) is 24.0 Å². The number of nitrogen functional groups attached to an aromatic ring is 1. The first-order chi connectivity index (χ1) is 22.4. The molecule has 0 radical (unpaired) electrons. The SMILES string of the molecule is COc1ccc(-n2c(=O)n(-c3ccc(Oc4ccccc4)cc3)c3c(N)ncnc32)cc1N(C)C(=O)C=CCN(C)[C@H]1CCOC1. The van der Waals surface area contributed by atoms with E-state index in [0.29, 0.717) is 64.7 Å². The molecule has 2 aromatic heterocycles. The molecule has 1 fully saturated rings. The van der Waals surface area contributed by atoms with E-state index < -0.39 is 5.69 Å². The second-order valence-electron chi connectivity index (χ2n) is 10.9. The number of carbonyl (C=O) groups excluding carboxylic acids is 1. The number of para-hydroxylation sites is 1. The molecule has 0 spiro atoms. The summed E-state index contributed by atoms with van der Waals surface area (Å²) in [5, 5.41) is 0. The van der Waals surface area contributed by atoms with Crippen LogP contribution < -0.4 is 25.8 Å². The molecule has 236 valence electrons. The molecule has 1 aliphatic heterocycles. The fourth-order valence-electron chi connectivity index (χ4n) is 5.46. The van der Waals surface area contributed by atoms with Gasteiger partial charge in [0.15, 0.2) is 11.5 Å². The highest BCUT2D eigenvalue weighted by Crippen LogP contribution is 2.32. The lowest BCUT2D eigenvalue weighted by atomic mass is 10.2. The number of ether oxygens (including phenoxy) is 3. The van der Waals surface area contributed by atoms with E-state index in [2.05, 4.69) is 14.9 Å². The van der Waals surface area contributed by atoms with Crippen molar-refractivity contribution in [2.24, 2.45) is 0 Å². The average molecular weight is 622 g/mol. The zero-order chi connectivity index (χ0) is 32.2. The lowest BCUT2D eigenvalue weighted by Crippen LogP contribution is -2.32. The molecule has 1 aliphatic rings. The molecule has 46 heavy (non-hydrogen) atoms. The van der Waals surface area contributed by atoms with Crippen molar-refractivity contribution in [2.75, 3.05) is 51.6 Å². The van der Waals surface area contributed by atoms with Gasteiger partial charge < -0.3 is 24.8 Å². The summed E-state index contributed by atoms with van der Waals surface area (Å²) < 4.78 is 19.9. The minimum atomic E-state index is -0.414. The minimum absolute atomic E-state index is 0.144. The summed E-state index contributed by atoms with van der Waals surface area (Å²) >= 11 is 0. The van der Waals surface area contributed by atoms with Crippen LogP contribution in [-0.2, 0) is 9.53 Å². The number of aromatic nitrogens is 4. The molecule has 1 atom stereocenters. The number of likely N-dealkylation sites (N-methyl/N-ethyl adjacent to an activating group) is 2. The lowest BCUT2D eigenvalue weighted by molar-refractivity contribution is -0.113. The zero-order valence-corrected chi connectivity index (χ0v) is 25.9. The average Bonchev–Trinajstić information content (AvgIpc) is 3.72. The van der Waals surface area contributed by atoms with Gasteiger partial charge in [0, 0.05) is 32.3 Å². The maximum atomic E-state index is 14.1. The molecule has 12 nitrogen and oxygen atoms in total. The Hall–Kier alpha value is -5.46. The maximum absolute atomic E-state index is 14.1. The third kappa shape index (κ3) is 6.08. The fraction of sp³-hybridized carbons (Fsp3) is 0.235. The van der Waals surface area contributed by atoms with Gasteiger partial charge >= 0.3 is 5.69 Å². The summed E-state index contributed by atoms with van der Waals surface area (Å²) in [6.45, 7) is 2.07. The number of fused-ring (bicyclic) bond motifs is 1. The largest absolute Gasteiger partial charge is 0.495 e. The van der Waals surface area contributed by atoms with Crippen molar-refractivity contribution in [1.29, 1.82) is 0 Å². The van der Waals surface area contributed by atoms with E-state index in [0.717, 1.165) is 13.0 Å². The van der Waals surface area contributed by atoms with Crippen LogP contribution in [-0.4, -0.2) is 76.9 Å². The predicted molar refractivity (Wildman–Crippen MR) is 176 cm³/mol. The number of amides is 1. The van der Waals surface area contributed by atoms with E-state index in [4.69, 9.17) is 19.9 Å². The Morgan fingerprint density at radius 2 is 1.76 bits per heavy atom. The molecule has 0 aliphatic carbocycles. The Morgan fingerprint density at radius 1 is 1.02 bits per heavy atom. The van der Waals surface area contributed by atoms with Crippen molar-refractivity contribution in [2.45, 2.75) is 12.5 Å². The van der Waals surface area contributed by atoms with Crippen LogP contribution in [0.2, 0.25) is 0 Å². The molecular weight excluding hydrogens is 586 g/mol. The van der Waals surface area contributed by atoms with Gasteiger partial charge in [-0.1, -0.05) is 24.3 Å². The number of methoxy groups -OCH3 is 1. The van der Waals surface area contributed by atoms with Crippen LogP contribution in [0.25, 0.3) is 22.5 Å².